The molecule has 0 amide bonds. The van der Waals surface area contributed by atoms with E-state index in [0.29, 0.717) is 0 Å². The highest BCUT2D eigenvalue weighted by Gasteiger charge is 2.41. The van der Waals surface area contributed by atoms with Crippen molar-refractivity contribution in [3.8, 4) is 33.4 Å². The predicted octanol–water partition coefficient (Wildman–Crippen LogP) is 12.2. The lowest BCUT2D eigenvalue weighted by Crippen LogP contribution is -2.32. The minimum atomic E-state index is -0.479. The number of benzene rings is 4. The maximum absolute atomic E-state index is 4.38. The first-order valence-corrected chi connectivity index (χ1v) is 18.4. The second-order valence-corrected chi connectivity index (χ2v) is 13.4. The van der Waals surface area contributed by atoms with E-state index >= 15 is 0 Å². The number of pyridine rings is 3. The van der Waals surface area contributed by atoms with Gasteiger partial charge in [-0.1, -0.05) is 135 Å². The molecule has 3 heteroatoms. The lowest BCUT2D eigenvalue weighted by molar-refractivity contribution is 0.499. The first-order valence-electron chi connectivity index (χ1n) is 18.4. The Bertz CT molecular complexity index is 1890. The largest absolute Gasteiger partial charge is 0.265 e. The molecule has 3 aromatic heterocycles. The lowest BCUT2D eigenvalue weighted by atomic mass is 9.62. The third-order valence-corrected chi connectivity index (χ3v) is 10.2. The Morgan fingerprint density at radius 2 is 0.686 bits per heavy atom. The molecule has 0 aliphatic rings. The lowest BCUT2D eigenvalue weighted by Gasteiger charge is -2.40. The molecule has 0 saturated carbocycles. The second-order valence-electron chi connectivity index (χ2n) is 13.4. The molecule has 0 aliphatic heterocycles. The van der Waals surface area contributed by atoms with E-state index in [0.717, 1.165) is 19.3 Å². The highest BCUT2D eigenvalue weighted by atomic mass is 14.6. The van der Waals surface area contributed by atoms with Gasteiger partial charge in [0.05, 0.1) is 0 Å². The molecule has 51 heavy (non-hydrogen) atoms. The van der Waals surface area contributed by atoms with Crippen molar-refractivity contribution in [2.75, 3.05) is 0 Å². The minimum absolute atomic E-state index is 0.479. The summed E-state index contributed by atoms with van der Waals surface area (Å²) in [4.78, 5) is 13.1. The van der Waals surface area contributed by atoms with Gasteiger partial charge in [0.25, 0.3) is 0 Å². The van der Waals surface area contributed by atoms with E-state index in [-0.39, 0.29) is 0 Å². The molecule has 4 aromatic carbocycles. The zero-order chi connectivity index (χ0) is 34.6. The molecule has 0 saturated heterocycles. The number of hydrogen-bond donors (Lipinski definition) is 0. The summed E-state index contributed by atoms with van der Waals surface area (Å²) in [6.45, 7) is 0. The summed E-state index contributed by atoms with van der Waals surface area (Å²) in [6.07, 6.45) is 20.8. The molecule has 0 radical (unpaired) electrons. The van der Waals surface area contributed by atoms with E-state index in [1.54, 1.807) is 0 Å². The van der Waals surface area contributed by atoms with Crippen molar-refractivity contribution in [3.05, 3.63) is 199 Å². The Morgan fingerprint density at radius 1 is 0.333 bits per heavy atom. The number of rotatable bonds is 15. The van der Waals surface area contributed by atoms with Gasteiger partial charge in [-0.3, -0.25) is 15.0 Å². The van der Waals surface area contributed by atoms with Gasteiger partial charge in [0, 0.05) is 42.6 Å². The zero-order valence-corrected chi connectivity index (χ0v) is 29.2. The summed E-state index contributed by atoms with van der Waals surface area (Å²) < 4.78 is 0. The third-order valence-electron chi connectivity index (χ3n) is 10.2. The van der Waals surface area contributed by atoms with Crippen LogP contribution in [-0.4, -0.2) is 15.0 Å². The average molecular weight is 664 g/mol. The Kier molecular flexibility index (Phi) is 11.2. The van der Waals surface area contributed by atoms with E-state index < -0.39 is 5.41 Å². The molecule has 0 unspecified atom stereocenters. The second kappa shape index (κ2) is 16.8. The Balaban J connectivity index is 1.35. The van der Waals surface area contributed by atoms with Gasteiger partial charge in [0.1, 0.15) is 0 Å². The van der Waals surface area contributed by atoms with Crippen molar-refractivity contribution in [2.45, 2.75) is 56.8 Å². The fourth-order valence-electron chi connectivity index (χ4n) is 7.83. The van der Waals surface area contributed by atoms with Crippen molar-refractivity contribution in [1.82, 2.24) is 15.0 Å². The zero-order valence-electron chi connectivity index (χ0n) is 29.2. The number of hydrogen-bond acceptors (Lipinski definition) is 3. The monoisotopic (exact) mass is 663 g/mol. The van der Waals surface area contributed by atoms with Crippen LogP contribution in [0.25, 0.3) is 33.4 Å². The first-order chi connectivity index (χ1) is 25.3. The topological polar surface area (TPSA) is 38.7 Å². The Labute approximate surface area is 303 Å². The average Bonchev–Trinajstić information content (AvgIpc) is 3.22. The van der Waals surface area contributed by atoms with Crippen LogP contribution >= 0.6 is 0 Å². The van der Waals surface area contributed by atoms with Gasteiger partial charge >= 0.3 is 0 Å². The summed E-state index contributed by atoms with van der Waals surface area (Å²) in [6, 6.07) is 50.9. The van der Waals surface area contributed by atoms with Crippen LogP contribution in [0.5, 0.6) is 0 Å². The summed E-state index contributed by atoms with van der Waals surface area (Å²) in [5.41, 5.74) is 12.1. The SMILES string of the molecule is c1ccc(CCCCCCCCC(c2ccccc2-c2ccncc2)(c2ccccc2-c2ccncc2)c2ccccc2-c2ccncc2)cc1. The fraction of sp³-hybridized carbons (Fsp3) is 0.188. The van der Waals surface area contributed by atoms with E-state index in [9.17, 15) is 0 Å². The van der Waals surface area contributed by atoms with Crippen LogP contribution in [0.3, 0.4) is 0 Å². The van der Waals surface area contributed by atoms with Gasteiger partial charge in [-0.25, -0.2) is 0 Å². The van der Waals surface area contributed by atoms with E-state index in [1.807, 2.05) is 37.2 Å². The molecular formula is C48H45N3. The third kappa shape index (κ3) is 7.74. The number of nitrogens with zero attached hydrogens (tertiary/aromatic N) is 3. The van der Waals surface area contributed by atoms with Crippen molar-refractivity contribution in [2.24, 2.45) is 0 Å². The van der Waals surface area contributed by atoms with E-state index in [2.05, 4.69) is 154 Å². The van der Waals surface area contributed by atoms with E-state index in [4.69, 9.17) is 0 Å². The highest BCUT2D eigenvalue weighted by molar-refractivity contribution is 5.80. The molecule has 7 rings (SSSR count). The molecule has 252 valence electrons. The molecule has 3 heterocycles. The molecule has 7 aromatic rings. The van der Waals surface area contributed by atoms with Crippen LogP contribution in [0.4, 0.5) is 0 Å². The molecule has 0 spiro atoms. The quantitative estimate of drug-likeness (QED) is 0.0809. The van der Waals surface area contributed by atoms with Crippen molar-refractivity contribution < 1.29 is 0 Å². The van der Waals surface area contributed by atoms with Gasteiger partial charge in [-0.2, -0.15) is 0 Å². The standard InChI is InChI=1S/C48H45N3/c1(3-6-16-38-17-7-5-8-18-38)2-4-15-31-48(45-22-12-9-19-42(45)39-25-32-49-33-26-39,46-23-13-10-20-43(46)40-27-34-50-35-28-40)47-24-14-11-21-44(47)41-29-36-51-37-30-41/h5,7-14,17-30,32-37H,1-4,6,15-16,31H2. The van der Waals surface area contributed by atoms with Crippen molar-refractivity contribution >= 4 is 0 Å². The normalized spacial score (nSPS) is 11.4. The number of aromatic nitrogens is 3. The van der Waals surface area contributed by atoms with Crippen LogP contribution in [0.15, 0.2) is 177 Å². The number of aryl methyl sites for hydroxylation is 1. The highest BCUT2D eigenvalue weighted by Crippen LogP contribution is 2.52. The predicted molar refractivity (Wildman–Crippen MR) is 211 cm³/mol. The summed E-state index contributed by atoms with van der Waals surface area (Å²) in [5, 5.41) is 0. The minimum Gasteiger partial charge on any atom is -0.265 e. The Hall–Kier alpha value is -5.67. The molecule has 0 fully saturated rings. The van der Waals surface area contributed by atoms with Crippen molar-refractivity contribution in [1.29, 1.82) is 0 Å². The maximum Gasteiger partial charge on any atom is 0.0469 e. The fourth-order valence-corrected chi connectivity index (χ4v) is 7.83. The van der Waals surface area contributed by atoms with Crippen molar-refractivity contribution in [3.63, 3.8) is 0 Å². The van der Waals surface area contributed by atoms with E-state index in [1.165, 1.54) is 87.7 Å². The molecule has 3 nitrogen and oxygen atoms in total. The Morgan fingerprint density at radius 3 is 1.12 bits per heavy atom. The molecule has 0 bridgehead atoms. The smallest absolute Gasteiger partial charge is 0.0469 e. The van der Waals surface area contributed by atoms with Gasteiger partial charge in [-0.05, 0) is 111 Å². The van der Waals surface area contributed by atoms with Crippen LogP contribution in [-0.2, 0) is 11.8 Å². The van der Waals surface area contributed by atoms with Crippen LogP contribution < -0.4 is 0 Å². The van der Waals surface area contributed by atoms with Gasteiger partial charge in [-0.15, -0.1) is 0 Å². The van der Waals surface area contributed by atoms with Gasteiger partial charge in [0.2, 0.25) is 0 Å². The first kappa shape index (κ1) is 33.8. The summed E-state index contributed by atoms with van der Waals surface area (Å²) >= 11 is 0. The van der Waals surface area contributed by atoms with Crippen LogP contribution in [0.1, 0.15) is 67.2 Å². The van der Waals surface area contributed by atoms with Gasteiger partial charge < -0.3 is 0 Å². The molecular weight excluding hydrogens is 619 g/mol. The molecule has 0 N–H and O–H groups in total. The molecule has 0 aliphatic carbocycles. The van der Waals surface area contributed by atoms with Gasteiger partial charge in [0.15, 0.2) is 0 Å². The van der Waals surface area contributed by atoms with Crippen LogP contribution in [0, 0.1) is 0 Å². The molecule has 0 atom stereocenters. The maximum atomic E-state index is 4.38. The van der Waals surface area contributed by atoms with Crippen LogP contribution in [0.2, 0.25) is 0 Å². The summed E-state index contributed by atoms with van der Waals surface area (Å²) in [5.74, 6) is 0. The summed E-state index contributed by atoms with van der Waals surface area (Å²) in [7, 11) is 0. The number of unbranched alkanes of at least 4 members (excludes halogenated alkanes) is 5.